The van der Waals surface area contributed by atoms with E-state index >= 15 is 0 Å². The number of nitrogens with one attached hydrogen (secondary N) is 2. The summed E-state index contributed by atoms with van der Waals surface area (Å²) in [6.07, 6.45) is 5.53. The number of amides is 2. The van der Waals surface area contributed by atoms with E-state index in [0.29, 0.717) is 35.3 Å². The van der Waals surface area contributed by atoms with E-state index in [1.807, 2.05) is 0 Å². The molecule has 2 fully saturated rings. The third-order valence-electron chi connectivity index (χ3n) is 6.06. The summed E-state index contributed by atoms with van der Waals surface area (Å²) in [6, 6.07) is 1.56. The van der Waals surface area contributed by atoms with Gasteiger partial charge in [0.25, 0.3) is 0 Å². The van der Waals surface area contributed by atoms with Crippen molar-refractivity contribution >= 4 is 34.4 Å². The van der Waals surface area contributed by atoms with Gasteiger partial charge in [0.15, 0.2) is 5.58 Å². The second kappa shape index (κ2) is 6.36. The third-order valence-corrected chi connectivity index (χ3v) is 6.36. The van der Waals surface area contributed by atoms with Gasteiger partial charge in [-0.2, -0.15) is 0 Å². The van der Waals surface area contributed by atoms with Crippen molar-refractivity contribution in [3.8, 4) is 0 Å². The number of oxazole rings is 1. The van der Waals surface area contributed by atoms with Crippen LogP contribution in [0.1, 0.15) is 50.0 Å². The van der Waals surface area contributed by atoms with Gasteiger partial charge < -0.3 is 20.2 Å². The number of aromatic nitrogens is 1. The van der Waals surface area contributed by atoms with Crippen molar-refractivity contribution in [2.45, 2.75) is 56.7 Å². The average Bonchev–Trinajstić information content (AvgIpc) is 3.21. The molecule has 8 heteroatoms. The highest BCUT2D eigenvalue weighted by atomic mass is 35.5. The Hall–Kier alpha value is -1.83. The van der Waals surface area contributed by atoms with Gasteiger partial charge in [-0.05, 0) is 25.3 Å². The van der Waals surface area contributed by atoms with Crippen molar-refractivity contribution in [3.63, 3.8) is 0 Å². The molecule has 2 aromatic rings. The van der Waals surface area contributed by atoms with Gasteiger partial charge in [-0.25, -0.2) is 9.78 Å². The Morgan fingerprint density at radius 3 is 2.93 bits per heavy atom. The number of anilines is 1. The van der Waals surface area contributed by atoms with Crippen LogP contribution in [0.5, 0.6) is 0 Å². The Kier molecular flexibility index (Phi) is 4.07. The number of urea groups is 1. The lowest BCUT2D eigenvalue weighted by molar-refractivity contribution is 0.171. The Morgan fingerprint density at radius 2 is 2.19 bits per heavy atom. The Bertz CT molecular complexity index is 906. The topological polar surface area (TPSA) is 90.6 Å². The van der Waals surface area contributed by atoms with Crippen LogP contribution >= 0.6 is 11.6 Å². The molecule has 1 aromatic carbocycles. The molecule has 1 saturated heterocycles. The lowest BCUT2D eigenvalue weighted by atomic mass is 9.74. The summed E-state index contributed by atoms with van der Waals surface area (Å²) in [5.41, 5.74) is 2.56. The molecule has 0 bridgehead atoms. The van der Waals surface area contributed by atoms with Crippen LogP contribution in [0.3, 0.4) is 0 Å². The normalized spacial score (nSPS) is 24.8. The van der Waals surface area contributed by atoms with Crippen LogP contribution < -0.4 is 10.6 Å². The second-order valence-corrected chi connectivity index (χ2v) is 8.37. The maximum absolute atomic E-state index is 12.3. The molecule has 1 atom stereocenters. The number of nitrogens with zero attached hydrogens (tertiary/aromatic N) is 2. The van der Waals surface area contributed by atoms with Gasteiger partial charge in [0, 0.05) is 18.7 Å². The zero-order valence-corrected chi connectivity index (χ0v) is 15.8. The van der Waals surface area contributed by atoms with Gasteiger partial charge in [-0.1, -0.05) is 30.9 Å². The van der Waals surface area contributed by atoms with E-state index in [1.54, 1.807) is 6.07 Å². The van der Waals surface area contributed by atoms with Gasteiger partial charge >= 0.3 is 6.03 Å². The molecular formula is C19H23ClN4O3. The summed E-state index contributed by atoms with van der Waals surface area (Å²) in [5, 5.41) is 16.3. The first-order chi connectivity index (χ1) is 13.0. The predicted molar refractivity (Wildman–Crippen MR) is 102 cm³/mol. The predicted octanol–water partition coefficient (Wildman–Crippen LogP) is 3.34. The van der Waals surface area contributed by atoms with Crippen LogP contribution in [0.4, 0.5) is 10.5 Å². The number of aliphatic hydroxyl groups is 1. The van der Waals surface area contributed by atoms with E-state index in [-0.39, 0.29) is 12.1 Å². The zero-order valence-electron chi connectivity index (χ0n) is 15.1. The van der Waals surface area contributed by atoms with Crippen molar-refractivity contribution in [2.75, 3.05) is 18.4 Å². The first kappa shape index (κ1) is 17.3. The molecule has 1 aromatic heterocycles. The molecule has 1 spiro atoms. The fourth-order valence-electron chi connectivity index (χ4n) is 4.83. The van der Waals surface area contributed by atoms with Crippen molar-refractivity contribution < 1.29 is 14.3 Å². The fraction of sp³-hybridized carbons (Fsp3) is 0.579. The Morgan fingerprint density at radius 1 is 1.37 bits per heavy atom. The lowest BCUT2D eigenvalue weighted by Gasteiger charge is -2.42. The Labute approximate surface area is 162 Å². The van der Waals surface area contributed by atoms with E-state index < -0.39 is 5.54 Å². The van der Waals surface area contributed by atoms with Crippen LogP contribution in [-0.4, -0.2) is 40.2 Å². The fourth-order valence-corrected chi connectivity index (χ4v) is 5.07. The van der Waals surface area contributed by atoms with E-state index in [4.69, 9.17) is 16.0 Å². The van der Waals surface area contributed by atoms with Gasteiger partial charge in [-0.15, -0.1) is 0 Å². The standard InChI is InChI=1S/C19H23ClN4O3/c20-12-8-13-17(27-14(21-13)10-24-7-4-11(25)9-24)15-16(12)22-18(26)23-19(15)5-2-1-3-6-19/h8,11,25H,1-7,9-10H2,(H2,22,23,26)/t11-/m1/s1. The molecule has 0 radical (unpaired) electrons. The molecule has 144 valence electrons. The molecule has 0 unspecified atom stereocenters. The first-order valence-corrected chi connectivity index (χ1v) is 10.0. The minimum Gasteiger partial charge on any atom is -0.439 e. The smallest absolute Gasteiger partial charge is 0.319 e. The average molecular weight is 391 g/mol. The van der Waals surface area contributed by atoms with Gasteiger partial charge in [0.2, 0.25) is 5.89 Å². The maximum atomic E-state index is 12.3. The number of carbonyl (C=O) groups is 1. The summed E-state index contributed by atoms with van der Waals surface area (Å²) in [6.45, 7) is 2.03. The molecule has 7 nitrogen and oxygen atoms in total. The largest absolute Gasteiger partial charge is 0.439 e. The summed E-state index contributed by atoms with van der Waals surface area (Å²) < 4.78 is 6.20. The molecule has 2 amide bonds. The van der Waals surface area contributed by atoms with E-state index in [0.717, 1.165) is 49.7 Å². The summed E-state index contributed by atoms with van der Waals surface area (Å²) >= 11 is 6.52. The molecule has 5 rings (SSSR count). The van der Waals surface area contributed by atoms with Crippen molar-refractivity contribution in [1.29, 1.82) is 0 Å². The molecule has 3 aliphatic rings. The van der Waals surface area contributed by atoms with Crippen molar-refractivity contribution in [2.24, 2.45) is 0 Å². The number of halogens is 1. The summed E-state index contributed by atoms with van der Waals surface area (Å²) in [5.74, 6) is 0.617. The van der Waals surface area contributed by atoms with Crippen LogP contribution in [0.15, 0.2) is 10.5 Å². The third kappa shape index (κ3) is 2.88. The first-order valence-electron chi connectivity index (χ1n) is 9.66. The second-order valence-electron chi connectivity index (χ2n) is 7.96. The molecule has 3 N–H and O–H groups in total. The molecule has 1 saturated carbocycles. The number of benzene rings is 1. The molecule has 27 heavy (non-hydrogen) atoms. The molecule has 2 aliphatic heterocycles. The quantitative estimate of drug-likeness (QED) is 0.731. The number of β-amino-alcohol motifs (C(OH)–C–C–N with tert-alkyl or cyclic N) is 1. The molecule has 3 heterocycles. The number of aliphatic hydroxyl groups excluding tert-OH is 1. The number of rotatable bonds is 2. The van der Waals surface area contributed by atoms with Crippen LogP contribution in [0.2, 0.25) is 5.02 Å². The monoisotopic (exact) mass is 390 g/mol. The van der Waals surface area contributed by atoms with E-state index in [1.165, 1.54) is 6.42 Å². The van der Waals surface area contributed by atoms with E-state index in [9.17, 15) is 9.90 Å². The SMILES string of the molecule is O=C1Nc2c(Cl)cc3nc(CN4CC[C@@H](O)C4)oc3c2C2(CCCCC2)N1. The molecule has 1 aliphatic carbocycles. The zero-order chi connectivity index (χ0) is 18.6. The number of carbonyl (C=O) groups excluding carboxylic acids is 1. The minimum absolute atomic E-state index is 0.212. The lowest BCUT2D eigenvalue weighted by Crippen LogP contribution is -2.52. The van der Waals surface area contributed by atoms with Crippen molar-refractivity contribution in [3.05, 3.63) is 22.5 Å². The van der Waals surface area contributed by atoms with Gasteiger partial charge in [0.05, 0.1) is 28.9 Å². The van der Waals surface area contributed by atoms with Crippen LogP contribution in [-0.2, 0) is 12.1 Å². The van der Waals surface area contributed by atoms with Crippen LogP contribution in [0, 0.1) is 0 Å². The molecular weight excluding hydrogens is 368 g/mol. The highest BCUT2D eigenvalue weighted by Gasteiger charge is 2.44. The minimum atomic E-state index is -0.445. The summed E-state index contributed by atoms with van der Waals surface area (Å²) in [7, 11) is 0. The van der Waals surface area contributed by atoms with Crippen LogP contribution in [0.25, 0.3) is 11.1 Å². The Balaban J connectivity index is 1.61. The highest BCUT2D eigenvalue weighted by Crippen LogP contribution is 2.48. The number of hydrogen-bond donors (Lipinski definition) is 3. The highest BCUT2D eigenvalue weighted by molar-refractivity contribution is 6.35. The van der Waals surface area contributed by atoms with Gasteiger partial charge in [0.1, 0.15) is 5.52 Å². The maximum Gasteiger partial charge on any atom is 0.319 e. The number of hydrogen-bond acceptors (Lipinski definition) is 5. The number of fused-ring (bicyclic) bond motifs is 4. The van der Waals surface area contributed by atoms with Gasteiger partial charge in [-0.3, -0.25) is 4.90 Å². The van der Waals surface area contributed by atoms with Crippen molar-refractivity contribution in [1.82, 2.24) is 15.2 Å². The van der Waals surface area contributed by atoms with E-state index in [2.05, 4.69) is 20.5 Å². The number of likely N-dealkylation sites (tertiary alicyclic amines) is 1. The summed E-state index contributed by atoms with van der Waals surface area (Å²) in [4.78, 5) is 19.1.